The Morgan fingerprint density at radius 3 is 2.62 bits per heavy atom. The summed E-state index contributed by atoms with van der Waals surface area (Å²) in [7, 11) is 0. The van der Waals surface area contributed by atoms with Crippen molar-refractivity contribution in [1.82, 2.24) is 14.9 Å². The summed E-state index contributed by atoms with van der Waals surface area (Å²) < 4.78 is 0. The fourth-order valence-corrected chi connectivity index (χ4v) is 4.98. The summed E-state index contributed by atoms with van der Waals surface area (Å²) in [5.74, 6) is 1.59. The monoisotopic (exact) mass is 466 g/mol. The molecule has 0 bridgehead atoms. The number of hydrogen-bond acceptors (Lipinski definition) is 5. The number of carbonyl (C=O) groups is 1. The fourth-order valence-electron chi connectivity index (χ4n) is 3.95. The normalized spacial score (nSPS) is 13.0. The predicted molar refractivity (Wildman–Crippen MR) is 131 cm³/mol. The van der Waals surface area contributed by atoms with E-state index in [1.54, 1.807) is 6.07 Å². The molecule has 0 saturated carbocycles. The third kappa shape index (κ3) is 5.25. The molecular weight excluding hydrogens is 440 g/mol. The lowest BCUT2D eigenvalue weighted by Crippen LogP contribution is -2.35. The molecule has 3 aromatic rings. The van der Waals surface area contributed by atoms with Crippen LogP contribution in [-0.2, 0) is 18.7 Å². The first kappa shape index (κ1) is 22.6. The molecule has 1 amide bonds. The Bertz CT molecular complexity index is 1100. The molecule has 166 valence electrons. The first-order valence-corrected chi connectivity index (χ1v) is 12.3. The number of rotatable bonds is 7. The third-order valence-corrected chi connectivity index (χ3v) is 6.82. The van der Waals surface area contributed by atoms with Gasteiger partial charge < -0.3 is 9.80 Å². The molecule has 2 heterocycles. The van der Waals surface area contributed by atoms with Crippen LogP contribution in [0, 0.1) is 0 Å². The smallest absolute Gasteiger partial charge is 0.254 e. The Morgan fingerprint density at radius 1 is 1.06 bits per heavy atom. The molecule has 0 atom stereocenters. The molecule has 0 radical (unpaired) electrons. The largest absolute Gasteiger partial charge is 0.357 e. The average Bonchev–Trinajstić information content (AvgIpc) is 2.82. The molecular formula is C25H27ClN4OS. The predicted octanol–water partition coefficient (Wildman–Crippen LogP) is 5.47. The van der Waals surface area contributed by atoms with E-state index < -0.39 is 0 Å². The van der Waals surface area contributed by atoms with E-state index in [1.165, 1.54) is 22.9 Å². The van der Waals surface area contributed by atoms with Gasteiger partial charge in [0.15, 0.2) is 5.16 Å². The SMILES string of the molecule is CCN(CC)c1cc(Cl)nc(SCc2cccc(C(=O)N3CCc4ccccc4C3)c2)n1. The van der Waals surface area contributed by atoms with Crippen LogP contribution in [0.2, 0.25) is 5.15 Å². The van der Waals surface area contributed by atoms with Crippen molar-refractivity contribution in [2.24, 2.45) is 0 Å². The third-order valence-electron chi connectivity index (χ3n) is 5.71. The maximum Gasteiger partial charge on any atom is 0.254 e. The van der Waals surface area contributed by atoms with Crippen LogP contribution in [0.25, 0.3) is 0 Å². The number of carbonyl (C=O) groups excluding carboxylic acids is 1. The van der Waals surface area contributed by atoms with Gasteiger partial charge in [-0.1, -0.05) is 59.8 Å². The molecule has 1 aliphatic rings. The van der Waals surface area contributed by atoms with Crippen LogP contribution in [0.1, 0.15) is 40.9 Å². The molecule has 7 heteroatoms. The van der Waals surface area contributed by atoms with Crippen LogP contribution in [0.5, 0.6) is 0 Å². The Morgan fingerprint density at radius 2 is 1.84 bits per heavy atom. The molecule has 4 rings (SSSR count). The molecule has 0 unspecified atom stereocenters. The van der Waals surface area contributed by atoms with Crippen molar-refractivity contribution in [3.63, 3.8) is 0 Å². The topological polar surface area (TPSA) is 49.3 Å². The van der Waals surface area contributed by atoms with Crippen LogP contribution in [-0.4, -0.2) is 40.4 Å². The molecule has 1 aromatic heterocycles. The summed E-state index contributed by atoms with van der Waals surface area (Å²) >= 11 is 7.77. The lowest BCUT2D eigenvalue weighted by atomic mass is 9.99. The first-order chi connectivity index (χ1) is 15.6. The highest BCUT2D eigenvalue weighted by atomic mass is 35.5. The zero-order valence-electron chi connectivity index (χ0n) is 18.4. The summed E-state index contributed by atoms with van der Waals surface area (Å²) in [4.78, 5) is 26.2. The molecule has 0 fully saturated rings. The van der Waals surface area contributed by atoms with Crippen molar-refractivity contribution in [3.8, 4) is 0 Å². The zero-order chi connectivity index (χ0) is 22.5. The molecule has 0 spiro atoms. The van der Waals surface area contributed by atoms with E-state index >= 15 is 0 Å². The van der Waals surface area contributed by atoms with Crippen molar-refractivity contribution in [2.45, 2.75) is 37.7 Å². The molecule has 2 aromatic carbocycles. The van der Waals surface area contributed by atoms with Crippen LogP contribution >= 0.6 is 23.4 Å². The maximum atomic E-state index is 13.1. The number of hydrogen-bond donors (Lipinski definition) is 0. The van der Waals surface area contributed by atoms with Gasteiger partial charge in [-0.3, -0.25) is 4.79 Å². The second-order valence-corrected chi connectivity index (χ2v) is 9.07. The Kier molecular flexibility index (Phi) is 7.33. The highest BCUT2D eigenvalue weighted by Crippen LogP contribution is 2.26. The number of halogens is 1. The van der Waals surface area contributed by atoms with Crippen LogP contribution in [0.4, 0.5) is 5.82 Å². The second-order valence-electron chi connectivity index (χ2n) is 7.74. The van der Waals surface area contributed by atoms with Gasteiger partial charge in [0.25, 0.3) is 5.91 Å². The first-order valence-electron chi connectivity index (χ1n) is 10.9. The van der Waals surface area contributed by atoms with Crippen molar-refractivity contribution < 1.29 is 4.79 Å². The van der Waals surface area contributed by atoms with Gasteiger partial charge >= 0.3 is 0 Å². The highest BCUT2D eigenvalue weighted by molar-refractivity contribution is 7.98. The van der Waals surface area contributed by atoms with Gasteiger partial charge in [-0.05, 0) is 49.1 Å². The number of thioether (sulfide) groups is 1. The van der Waals surface area contributed by atoms with Crippen molar-refractivity contribution in [3.05, 3.63) is 82.0 Å². The summed E-state index contributed by atoms with van der Waals surface area (Å²) in [6.07, 6.45) is 0.901. The van der Waals surface area contributed by atoms with Gasteiger partial charge in [-0.2, -0.15) is 0 Å². The molecule has 1 aliphatic heterocycles. The quantitative estimate of drug-likeness (QED) is 0.262. The second kappa shape index (κ2) is 10.4. The number of anilines is 1. The standard InChI is InChI=1S/C25H27ClN4OS/c1-3-29(4-2)23-15-22(26)27-25(28-23)32-17-18-8-7-11-20(14-18)24(31)30-13-12-19-9-5-6-10-21(19)16-30/h5-11,14-15H,3-4,12-13,16-17H2,1-2H3. The Hall–Kier alpha value is -2.57. The van der Waals surface area contributed by atoms with E-state index in [0.29, 0.717) is 22.6 Å². The van der Waals surface area contributed by atoms with Crippen molar-refractivity contribution in [1.29, 1.82) is 0 Å². The zero-order valence-corrected chi connectivity index (χ0v) is 20.0. The minimum atomic E-state index is 0.0779. The Balaban J connectivity index is 1.44. The lowest BCUT2D eigenvalue weighted by Gasteiger charge is -2.29. The summed E-state index contributed by atoms with van der Waals surface area (Å²) in [6.45, 7) is 7.32. The maximum absolute atomic E-state index is 13.1. The van der Waals surface area contributed by atoms with E-state index in [0.717, 1.165) is 43.0 Å². The molecule has 0 N–H and O–H groups in total. The highest BCUT2D eigenvalue weighted by Gasteiger charge is 2.21. The number of amides is 1. The van der Waals surface area contributed by atoms with E-state index in [4.69, 9.17) is 11.6 Å². The molecule has 5 nitrogen and oxygen atoms in total. The van der Waals surface area contributed by atoms with E-state index in [-0.39, 0.29) is 5.91 Å². The van der Waals surface area contributed by atoms with Crippen LogP contribution < -0.4 is 4.90 Å². The lowest BCUT2D eigenvalue weighted by molar-refractivity contribution is 0.0734. The van der Waals surface area contributed by atoms with Gasteiger partial charge in [0.05, 0.1) is 0 Å². The van der Waals surface area contributed by atoms with E-state index in [1.807, 2.05) is 35.2 Å². The fraction of sp³-hybridized carbons (Fsp3) is 0.320. The minimum absolute atomic E-state index is 0.0779. The van der Waals surface area contributed by atoms with E-state index in [9.17, 15) is 4.79 Å². The van der Waals surface area contributed by atoms with Gasteiger partial charge in [-0.15, -0.1) is 0 Å². The van der Waals surface area contributed by atoms with Gasteiger partial charge in [0.1, 0.15) is 11.0 Å². The number of benzene rings is 2. The minimum Gasteiger partial charge on any atom is -0.357 e. The number of nitrogens with zero attached hydrogens (tertiary/aromatic N) is 4. The van der Waals surface area contributed by atoms with Crippen LogP contribution in [0.15, 0.2) is 59.8 Å². The summed E-state index contributed by atoms with van der Waals surface area (Å²) in [5.41, 5.74) is 4.36. The molecule has 0 aliphatic carbocycles. The van der Waals surface area contributed by atoms with E-state index in [2.05, 4.69) is 46.9 Å². The van der Waals surface area contributed by atoms with Gasteiger partial charge in [-0.25, -0.2) is 9.97 Å². The van der Waals surface area contributed by atoms with Gasteiger partial charge in [0, 0.05) is 43.6 Å². The van der Waals surface area contributed by atoms with Crippen LogP contribution in [0.3, 0.4) is 0 Å². The van der Waals surface area contributed by atoms with Gasteiger partial charge in [0.2, 0.25) is 0 Å². The average molecular weight is 467 g/mol. The number of aromatic nitrogens is 2. The Labute approximate surface area is 198 Å². The van der Waals surface area contributed by atoms with Crippen molar-refractivity contribution >= 4 is 35.1 Å². The summed E-state index contributed by atoms with van der Waals surface area (Å²) in [5, 5.41) is 1.09. The summed E-state index contributed by atoms with van der Waals surface area (Å²) in [6, 6.07) is 18.0. The molecule has 0 saturated heterocycles. The molecule has 32 heavy (non-hydrogen) atoms. The van der Waals surface area contributed by atoms with Crippen molar-refractivity contribution in [2.75, 3.05) is 24.5 Å². The number of fused-ring (bicyclic) bond motifs is 1.